The third-order valence-electron chi connectivity index (χ3n) is 2.79. The van der Waals surface area contributed by atoms with Gasteiger partial charge in [0.2, 0.25) is 0 Å². The van der Waals surface area contributed by atoms with Crippen LogP contribution in [-0.2, 0) is 9.47 Å². The van der Waals surface area contributed by atoms with Gasteiger partial charge in [-0.2, -0.15) is 0 Å². The smallest absolute Gasteiger partial charge is 0.183 e. The molecule has 0 aromatic carbocycles. The largest absolute Gasteiger partial charge is 0.391 e. The summed E-state index contributed by atoms with van der Waals surface area (Å²) in [7, 11) is 1.78. The van der Waals surface area contributed by atoms with Crippen LogP contribution in [0.1, 0.15) is 6.23 Å². The molecule has 1 fully saturated rings. The third kappa shape index (κ3) is 1.70. The highest BCUT2D eigenvalue weighted by Crippen LogP contribution is 2.25. The standard InChI is InChI=1S/C10H13N5O3/c1-11-9-8-10(13-4-12-9)15(5-14-8)6-3-17-7(2-16)18-6/h4-7,16H,2-3H2,1H3,(H,11,12,13)/t6-,7+/m0/s1. The number of nitrogens with zero attached hydrogens (tertiary/aromatic N) is 4. The highest BCUT2D eigenvalue weighted by molar-refractivity contribution is 5.82. The molecule has 1 aliphatic heterocycles. The molecule has 1 saturated heterocycles. The van der Waals surface area contributed by atoms with E-state index in [0.29, 0.717) is 23.6 Å². The highest BCUT2D eigenvalue weighted by atomic mass is 16.7. The molecule has 8 nitrogen and oxygen atoms in total. The molecule has 1 aliphatic rings. The number of fused-ring (bicyclic) bond motifs is 1. The maximum Gasteiger partial charge on any atom is 0.183 e. The molecule has 2 aromatic heterocycles. The van der Waals surface area contributed by atoms with Gasteiger partial charge in [-0.25, -0.2) is 15.0 Å². The second-order valence-electron chi connectivity index (χ2n) is 3.83. The van der Waals surface area contributed by atoms with Crippen LogP contribution in [-0.4, -0.2) is 51.2 Å². The van der Waals surface area contributed by atoms with Crippen molar-refractivity contribution in [3.63, 3.8) is 0 Å². The average Bonchev–Trinajstić information content (AvgIpc) is 3.03. The second kappa shape index (κ2) is 4.48. The Morgan fingerprint density at radius 3 is 3.11 bits per heavy atom. The number of aromatic nitrogens is 4. The maximum atomic E-state index is 8.97. The van der Waals surface area contributed by atoms with Gasteiger partial charge in [0.25, 0.3) is 0 Å². The van der Waals surface area contributed by atoms with E-state index >= 15 is 0 Å². The van der Waals surface area contributed by atoms with Crippen molar-refractivity contribution in [2.45, 2.75) is 12.5 Å². The normalized spacial score (nSPS) is 23.7. The fourth-order valence-electron chi connectivity index (χ4n) is 1.93. The van der Waals surface area contributed by atoms with Crippen LogP contribution in [0.25, 0.3) is 11.2 Å². The lowest BCUT2D eigenvalue weighted by Gasteiger charge is -2.11. The van der Waals surface area contributed by atoms with Crippen molar-refractivity contribution < 1.29 is 14.6 Å². The van der Waals surface area contributed by atoms with Crippen molar-refractivity contribution in [3.05, 3.63) is 12.7 Å². The minimum Gasteiger partial charge on any atom is -0.391 e. The highest BCUT2D eigenvalue weighted by Gasteiger charge is 2.28. The predicted molar refractivity (Wildman–Crippen MR) is 61.8 cm³/mol. The van der Waals surface area contributed by atoms with Crippen LogP contribution in [0.15, 0.2) is 12.7 Å². The van der Waals surface area contributed by atoms with E-state index in [1.54, 1.807) is 17.9 Å². The predicted octanol–water partition coefficient (Wildman–Crippen LogP) is -0.268. The van der Waals surface area contributed by atoms with Gasteiger partial charge in [-0.1, -0.05) is 0 Å². The van der Waals surface area contributed by atoms with Gasteiger partial charge in [0, 0.05) is 7.05 Å². The lowest BCUT2D eigenvalue weighted by atomic mass is 10.5. The summed E-state index contributed by atoms with van der Waals surface area (Å²) in [6.45, 7) is 0.190. The van der Waals surface area contributed by atoms with Gasteiger partial charge in [-0.3, -0.25) is 4.57 Å². The Morgan fingerprint density at radius 2 is 2.39 bits per heavy atom. The van der Waals surface area contributed by atoms with E-state index in [2.05, 4.69) is 20.3 Å². The second-order valence-corrected chi connectivity index (χ2v) is 3.83. The van der Waals surface area contributed by atoms with E-state index in [9.17, 15) is 0 Å². The summed E-state index contributed by atoms with van der Waals surface area (Å²) in [5, 5.41) is 11.9. The zero-order chi connectivity index (χ0) is 12.5. The summed E-state index contributed by atoms with van der Waals surface area (Å²) in [5.41, 5.74) is 1.34. The molecular weight excluding hydrogens is 238 g/mol. The molecule has 3 heterocycles. The minimum atomic E-state index is -0.585. The molecule has 2 N–H and O–H groups in total. The van der Waals surface area contributed by atoms with Crippen molar-refractivity contribution in [2.75, 3.05) is 25.6 Å². The molecule has 2 aromatic rings. The number of hydrogen-bond donors (Lipinski definition) is 2. The van der Waals surface area contributed by atoms with Gasteiger partial charge in [0.05, 0.1) is 19.5 Å². The van der Waals surface area contributed by atoms with Crippen LogP contribution in [0.5, 0.6) is 0 Å². The monoisotopic (exact) mass is 251 g/mol. The third-order valence-corrected chi connectivity index (χ3v) is 2.79. The van der Waals surface area contributed by atoms with Crippen molar-refractivity contribution in [2.24, 2.45) is 0 Å². The first-order valence-corrected chi connectivity index (χ1v) is 5.56. The Morgan fingerprint density at radius 1 is 1.50 bits per heavy atom. The zero-order valence-corrected chi connectivity index (χ0v) is 9.78. The number of aliphatic hydroxyl groups is 1. The van der Waals surface area contributed by atoms with E-state index in [1.165, 1.54) is 6.33 Å². The summed E-state index contributed by atoms with van der Waals surface area (Å²) >= 11 is 0. The minimum absolute atomic E-state index is 0.167. The molecule has 96 valence electrons. The van der Waals surface area contributed by atoms with Gasteiger partial charge in [-0.15, -0.1) is 0 Å². The molecule has 2 atom stereocenters. The molecule has 3 rings (SSSR count). The Bertz CT molecular complexity index is 557. The molecule has 0 aliphatic carbocycles. The summed E-state index contributed by atoms with van der Waals surface area (Å²) in [6, 6.07) is 0. The molecule has 0 spiro atoms. The van der Waals surface area contributed by atoms with Crippen molar-refractivity contribution in [1.29, 1.82) is 0 Å². The Labute approximate surface area is 103 Å². The van der Waals surface area contributed by atoms with Crippen molar-refractivity contribution >= 4 is 17.0 Å². The summed E-state index contributed by atoms with van der Waals surface area (Å²) < 4.78 is 12.5. The van der Waals surface area contributed by atoms with Crippen LogP contribution in [0.4, 0.5) is 5.82 Å². The molecule has 0 saturated carbocycles. The van der Waals surface area contributed by atoms with Gasteiger partial charge >= 0.3 is 0 Å². The maximum absolute atomic E-state index is 8.97. The number of hydrogen-bond acceptors (Lipinski definition) is 7. The van der Waals surface area contributed by atoms with Crippen LogP contribution in [0, 0.1) is 0 Å². The molecule has 0 amide bonds. The molecule has 0 radical (unpaired) electrons. The number of ether oxygens (including phenoxy) is 2. The first-order chi connectivity index (χ1) is 8.83. The lowest BCUT2D eigenvalue weighted by Crippen LogP contribution is -2.15. The van der Waals surface area contributed by atoms with E-state index in [0.717, 1.165) is 0 Å². The summed E-state index contributed by atoms with van der Waals surface area (Å²) in [5.74, 6) is 0.663. The molecule has 0 unspecified atom stereocenters. The van der Waals surface area contributed by atoms with Crippen LogP contribution >= 0.6 is 0 Å². The van der Waals surface area contributed by atoms with Gasteiger partial charge < -0.3 is 19.9 Å². The van der Waals surface area contributed by atoms with E-state index in [-0.39, 0.29) is 12.8 Å². The summed E-state index contributed by atoms with van der Waals surface area (Å²) in [6.07, 6.45) is 2.18. The number of nitrogens with one attached hydrogen (secondary N) is 1. The first-order valence-electron chi connectivity index (χ1n) is 5.56. The van der Waals surface area contributed by atoms with Crippen LogP contribution < -0.4 is 5.32 Å². The van der Waals surface area contributed by atoms with Gasteiger partial charge in [0.1, 0.15) is 11.8 Å². The number of aliphatic hydroxyl groups excluding tert-OH is 1. The molecule has 18 heavy (non-hydrogen) atoms. The van der Waals surface area contributed by atoms with E-state index in [4.69, 9.17) is 14.6 Å². The topological polar surface area (TPSA) is 94.3 Å². The Hall–Kier alpha value is -1.77. The lowest BCUT2D eigenvalue weighted by molar-refractivity contribution is -0.0980. The van der Waals surface area contributed by atoms with Crippen molar-refractivity contribution in [1.82, 2.24) is 19.5 Å². The number of rotatable bonds is 3. The number of anilines is 1. The van der Waals surface area contributed by atoms with E-state index < -0.39 is 6.29 Å². The van der Waals surface area contributed by atoms with Crippen LogP contribution in [0.2, 0.25) is 0 Å². The first kappa shape index (κ1) is 11.3. The van der Waals surface area contributed by atoms with E-state index in [1.807, 2.05) is 0 Å². The SMILES string of the molecule is CNc1ncnc2c1ncn2[C@@H]1CO[C@@H](CO)O1. The Balaban J connectivity index is 1.98. The average molecular weight is 251 g/mol. The molecular formula is C10H13N5O3. The summed E-state index contributed by atoms with van der Waals surface area (Å²) in [4.78, 5) is 12.5. The quantitative estimate of drug-likeness (QED) is 0.775. The molecule has 8 heteroatoms. The molecule has 0 bridgehead atoms. The zero-order valence-electron chi connectivity index (χ0n) is 9.78. The van der Waals surface area contributed by atoms with Gasteiger partial charge in [0.15, 0.2) is 24.0 Å². The van der Waals surface area contributed by atoms with Crippen molar-refractivity contribution in [3.8, 4) is 0 Å². The number of imidazole rings is 1. The Kier molecular flexibility index (Phi) is 2.82. The fourth-order valence-corrected chi connectivity index (χ4v) is 1.93. The van der Waals surface area contributed by atoms with Gasteiger partial charge in [-0.05, 0) is 0 Å². The fraction of sp³-hybridized carbons (Fsp3) is 0.500. The van der Waals surface area contributed by atoms with Crippen LogP contribution in [0.3, 0.4) is 0 Å².